The van der Waals surface area contributed by atoms with E-state index in [2.05, 4.69) is 104 Å². The van der Waals surface area contributed by atoms with Crippen LogP contribution >= 0.6 is 0 Å². The van der Waals surface area contributed by atoms with Crippen molar-refractivity contribution >= 4 is 47.5 Å². The Kier molecular flexibility index (Phi) is 23.5. The summed E-state index contributed by atoms with van der Waals surface area (Å²) in [6.07, 6.45) is 0.346. The molecule has 5 rings (SSSR count). The van der Waals surface area contributed by atoms with Gasteiger partial charge in [-0.05, 0) is 116 Å². The van der Waals surface area contributed by atoms with Crippen molar-refractivity contribution in [3.8, 4) is 23.0 Å². The van der Waals surface area contributed by atoms with E-state index in [0.29, 0.717) is 67.5 Å². The van der Waals surface area contributed by atoms with E-state index in [9.17, 15) is 38.4 Å². The Morgan fingerprint density at radius 2 is 0.466 bits per heavy atom. The highest BCUT2D eigenvalue weighted by Crippen LogP contribution is 2.44. The highest BCUT2D eigenvalue weighted by molar-refractivity contribution is 5.87. The summed E-state index contributed by atoms with van der Waals surface area (Å²) < 4.78 is 46.7. The van der Waals surface area contributed by atoms with E-state index in [4.69, 9.17) is 37.9 Å². The molecule has 4 N–H and O–H groups in total. The minimum atomic E-state index is -1.00. The van der Waals surface area contributed by atoms with Crippen molar-refractivity contribution in [1.82, 2.24) is 21.3 Å². The summed E-state index contributed by atoms with van der Waals surface area (Å²) in [5.74, 6) is -3.74. The number of carbonyl (C=O) groups excluding carboxylic acids is 8. The van der Waals surface area contributed by atoms with Crippen molar-refractivity contribution in [2.75, 3.05) is 54.9 Å². The second-order valence-corrected chi connectivity index (χ2v) is 26.6. The van der Waals surface area contributed by atoms with E-state index in [1.54, 1.807) is 0 Å². The highest BCUT2D eigenvalue weighted by atomic mass is 16.5. The van der Waals surface area contributed by atoms with Gasteiger partial charge in [-0.1, -0.05) is 132 Å². The zero-order valence-electron chi connectivity index (χ0n) is 55.1. The van der Waals surface area contributed by atoms with E-state index in [1.165, 1.54) is 56.1 Å². The first-order valence-corrected chi connectivity index (χ1v) is 29.5. The molecule has 1 aliphatic rings. The molecule has 0 unspecified atom stereocenters. The molecule has 4 aromatic carbocycles. The van der Waals surface area contributed by atoms with Crippen molar-refractivity contribution in [3.63, 3.8) is 0 Å². The summed E-state index contributed by atoms with van der Waals surface area (Å²) in [5.41, 5.74) is 6.54. The molecule has 480 valence electrons. The lowest BCUT2D eigenvalue weighted by Crippen LogP contribution is -2.41. The van der Waals surface area contributed by atoms with Crippen LogP contribution in [0.2, 0.25) is 0 Å². The number of hydrogen-bond donors (Lipinski definition) is 4. The largest absolute Gasteiger partial charge is 0.483 e. The van der Waals surface area contributed by atoms with Gasteiger partial charge < -0.3 is 59.2 Å². The van der Waals surface area contributed by atoms with Crippen molar-refractivity contribution in [2.45, 2.75) is 182 Å². The molecule has 88 heavy (non-hydrogen) atoms. The van der Waals surface area contributed by atoms with Crippen LogP contribution in [0, 0.1) is 0 Å². The number of fused-ring (bicyclic) bond motifs is 8. The third-order valence-corrected chi connectivity index (χ3v) is 15.1. The van der Waals surface area contributed by atoms with Gasteiger partial charge in [0, 0.05) is 25.7 Å². The van der Waals surface area contributed by atoms with Gasteiger partial charge in [-0.25, -0.2) is 19.2 Å². The zero-order valence-corrected chi connectivity index (χ0v) is 55.1. The summed E-state index contributed by atoms with van der Waals surface area (Å²) in [6, 6.07) is 12.2. The van der Waals surface area contributed by atoms with E-state index >= 15 is 0 Å². The maximum Gasteiger partial charge on any atom is 0.328 e. The number of ether oxygens (including phenoxy) is 8. The first-order chi connectivity index (χ1) is 40.9. The van der Waals surface area contributed by atoms with E-state index < -0.39 is 120 Å². The van der Waals surface area contributed by atoms with Crippen molar-refractivity contribution in [1.29, 1.82) is 0 Å². The Morgan fingerprint density at radius 3 is 0.591 bits per heavy atom. The highest BCUT2D eigenvalue weighted by Gasteiger charge is 2.32. The molecule has 20 heteroatoms. The molecule has 0 aliphatic heterocycles. The van der Waals surface area contributed by atoms with Crippen LogP contribution in [0.3, 0.4) is 0 Å². The summed E-state index contributed by atoms with van der Waals surface area (Å²) in [4.78, 5) is 106. The Balaban J connectivity index is 2.02. The number of rotatable bonds is 20. The number of amides is 4. The van der Waals surface area contributed by atoms with Crippen LogP contribution in [0.25, 0.3) is 0 Å². The smallest absolute Gasteiger partial charge is 0.328 e. The van der Waals surface area contributed by atoms with Gasteiger partial charge in [-0.2, -0.15) is 0 Å². The van der Waals surface area contributed by atoms with Gasteiger partial charge in [-0.15, -0.1) is 0 Å². The van der Waals surface area contributed by atoms with Gasteiger partial charge in [0.25, 0.3) is 23.6 Å². The number of hydrogen-bond acceptors (Lipinski definition) is 16. The topological polar surface area (TPSA) is 259 Å². The third-order valence-electron chi connectivity index (χ3n) is 15.1. The molecule has 0 saturated heterocycles. The predicted octanol–water partition coefficient (Wildman–Crippen LogP) is 7.78. The lowest BCUT2D eigenvalue weighted by atomic mass is 9.79. The Hall–Kier alpha value is -8.16. The molecule has 4 atom stereocenters. The molecule has 4 amide bonds. The van der Waals surface area contributed by atoms with Crippen molar-refractivity contribution in [2.24, 2.45) is 0 Å². The van der Waals surface area contributed by atoms with Crippen LogP contribution in [0.5, 0.6) is 23.0 Å². The molecule has 0 radical (unpaired) electrons. The van der Waals surface area contributed by atoms with Gasteiger partial charge in [0.15, 0.2) is 26.4 Å². The first-order valence-electron chi connectivity index (χ1n) is 29.5. The average molecular weight is 1220 g/mol. The molecule has 1 aliphatic carbocycles. The standard InChI is InChI=1S/C68H92N4O16/c1-37(61(77)81-17)69-53(73)33-85-57-41-21-43-27-50(66(8,9)10)29-45(58(43)86-34-54(74)70-38(2)62(78)82-18)23-47-31-52(68(14,15)16)32-48(60(47)88-36-56(76)72-40(4)64(80)84-20)24-46-30-51(67(11,12)13)28-44(22-42(57)26-49(25-41)65(5,6)7)59(46)87-35-55(75)71-39(3)63(79)83-19/h25-32,37-40H,21-24,33-36H2,1-20H3,(H,69,73)(H,70,74)(H,71,75)(H,72,76)/t37-,38-,39-,40-/m0/s1. The van der Waals surface area contributed by atoms with E-state index in [-0.39, 0.29) is 25.7 Å². The summed E-state index contributed by atoms with van der Waals surface area (Å²) in [6.45, 7) is 28.8. The van der Waals surface area contributed by atoms with Crippen molar-refractivity contribution in [3.05, 3.63) is 115 Å². The Morgan fingerprint density at radius 1 is 0.318 bits per heavy atom. The van der Waals surface area contributed by atoms with Crippen molar-refractivity contribution < 1.29 is 76.3 Å². The molecular weight excluding hydrogens is 1130 g/mol. The number of carbonyl (C=O) groups is 8. The van der Waals surface area contributed by atoms with Gasteiger partial charge in [0.2, 0.25) is 0 Å². The molecule has 0 spiro atoms. The quantitative estimate of drug-likeness (QED) is 0.0428. The number of methoxy groups -OCH3 is 4. The lowest BCUT2D eigenvalue weighted by Gasteiger charge is -2.29. The van der Waals surface area contributed by atoms with Gasteiger partial charge in [0.05, 0.1) is 28.4 Å². The van der Waals surface area contributed by atoms with Gasteiger partial charge >= 0.3 is 23.9 Å². The molecule has 0 heterocycles. The molecule has 0 fully saturated rings. The summed E-state index contributed by atoms with van der Waals surface area (Å²) in [5, 5.41) is 10.7. The average Bonchev–Trinajstić information content (AvgIpc) is 1.90. The van der Waals surface area contributed by atoms with Crippen LogP contribution in [-0.2, 0) is 105 Å². The zero-order chi connectivity index (χ0) is 66.0. The fourth-order valence-electron chi connectivity index (χ4n) is 9.99. The maximum atomic E-state index is 13.9. The molecule has 8 bridgehead atoms. The van der Waals surface area contributed by atoms with Gasteiger partial charge in [-0.3, -0.25) is 19.2 Å². The molecule has 0 aromatic heterocycles. The monoisotopic (exact) mass is 1220 g/mol. The van der Waals surface area contributed by atoms with Crippen LogP contribution < -0.4 is 40.2 Å². The minimum absolute atomic E-state index is 0.0866. The second-order valence-electron chi connectivity index (χ2n) is 26.6. The SMILES string of the molecule is COC(=O)[C@H](C)NC(=O)COc1c2cc(C(C)(C)C)cc1Cc1cc(C(C)(C)C)cc(c1OCC(=O)N[C@@H](C)C(=O)OC)Cc1cc(C(C)(C)C)cc(c1OCC(=O)N[C@@H](C)C(=O)OC)Cc1cc(C(C)(C)C)cc(c1OCC(=O)N[C@@H](C)C(=O)OC)C2. The van der Waals surface area contributed by atoms with E-state index in [0.717, 1.165) is 22.3 Å². The normalized spacial score (nSPS) is 13.9. The summed E-state index contributed by atoms with van der Waals surface area (Å²) in [7, 11) is 4.91. The number of esters is 4. The molecule has 0 saturated carbocycles. The Bertz CT molecular complexity index is 2740. The predicted molar refractivity (Wildman–Crippen MR) is 332 cm³/mol. The molecular formula is C68H92N4O16. The first kappa shape index (κ1) is 70.6. The maximum absolute atomic E-state index is 13.9. The van der Waals surface area contributed by atoms with E-state index in [1.807, 2.05) is 48.5 Å². The summed E-state index contributed by atoms with van der Waals surface area (Å²) >= 11 is 0. The molecule has 4 aromatic rings. The minimum Gasteiger partial charge on any atom is -0.483 e. The Labute approximate surface area is 518 Å². The van der Waals surface area contributed by atoms with Crippen LogP contribution in [0.15, 0.2) is 48.5 Å². The van der Waals surface area contributed by atoms with Gasteiger partial charge in [0.1, 0.15) is 47.2 Å². The van der Waals surface area contributed by atoms with Crippen LogP contribution in [0.4, 0.5) is 0 Å². The fraction of sp³-hybridized carbons (Fsp3) is 0.529. The van der Waals surface area contributed by atoms with Crippen LogP contribution in [0.1, 0.15) is 178 Å². The number of benzene rings is 4. The third kappa shape index (κ3) is 18.9. The fourth-order valence-corrected chi connectivity index (χ4v) is 9.99. The lowest BCUT2D eigenvalue weighted by molar-refractivity contribution is -0.145. The molecule has 20 nitrogen and oxygen atoms in total. The van der Waals surface area contributed by atoms with Crippen LogP contribution in [-0.4, -0.2) is 127 Å². The second kappa shape index (κ2) is 29.2. The number of nitrogens with one attached hydrogen (secondary N) is 4.